The second-order valence-electron chi connectivity index (χ2n) is 6.53. The summed E-state index contributed by atoms with van der Waals surface area (Å²) in [6.07, 6.45) is 1.22. The summed E-state index contributed by atoms with van der Waals surface area (Å²) in [5.41, 5.74) is 2.64. The molecule has 1 heterocycles. The summed E-state index contributed by atoms with van der Waals surface area (Å²) in [5.74, 6) is 1.55. The van der Waals surface area contributed by atoms with Crippen LogP contribution in [0, 0.1) is 6.92 Å². The first-order valence-corrected chi connectivity index (χ1v) is 10.5. The molecule has 2 rings (SSSR count). The highest BCUT2D eigenvalue weighted by atomic mass is 32.2. The average Bonchev–Trinajstić information content (AvgIpc) is 2.61. The van der Waals surface area contributed by atoms with E-state index in [1.54, 1.807) is 20.0 Å². The van der Waals surface area contributed by atoms with Crippen LogP contribution in [0.3, 0.4) is 0 Å². The van der Waals surface area contributed by atoms with Gasteiger partial charge in [0.25, 0.3) is 0 Å². The lowest BCUT2D eigenvalue weighted by Crippen LogP contribution is -2.36. The van der Waals surface area contributed by atoms with Gasteiger partial charge in [0.1, 0.15) is 5.82 Å². The van der Waals surface area contributed by atoms with E-state index in [9.17, 15) is 8.42 Å². The van der Waals surface area contributed by atoms with Crippen molar-refractivity contribution in [3.8, 4) is 0 Å². The molecular weight excluding hydrogens is 362 g/mol. The van der Waals surface area contributed by atoms with Crippen LogP contribution >= 0.6 is 0 Å². The van der Waals surface area contributed by atoms with Crippen LogP contribution in [0.15, 0.2) is 46.3 Å². The third kappa shape index (κ3) is 5.96. The number of nitrogens with zero attached hydrogens (tertiary/aromatic N) is 3. The summed E-state index contributed by atoms with van der Waals surface area (Å²) >= 11 is 0. The number of sulfone groups is 1. The Morgan fingerprint density at radius 2 is 1.85 bits per heavy atom. The standard InChI is InChI=1S/C19H27N5O2S/c1-14-11-15(9-10-17(14)27(5,25)26)12-21-19(20-2)22-13-16-7-6-8-18(23-16)24(3)4/h6-11H,12-13H2,1-5H3,(H2,20,21,22). The average molecular weight is 390 g/mol. The summed E-state index contributed by atoms with van der Waals surface area (Å²) in [4.78, 5) is 11.1. The van der Waals surface area contributed by atoms with Crippen molar-refractivity contribution in [1.29, 1.82) is 0 Å². The van der Waals surface area contributed by atoms with Crippen molar-refractivity contribution in [2.24, 2.45) is 4.99 Å². The van der Waals surface area contributed by atoms with Gasteiger partial charge < -0.3 is 15.5 Å². The molecule has 0 aliphatic rings. The highest BCUT2D eigenvalue weighted by molar-refractivity contribution is 7.90. The molecule has 0 aliphatic carbocycles. The SMILES string of the molecule is CN=C(NCc1ccc(S(C)(=O)=O)c(C)c1)NCc1cccc(N(C)C)n1. The van der Waals surface area contributed by atoms with Gasteiger partial charge in [-0.25, -0.2) is 13.4 Å². The summed E-state index contributed by atoms with van der Waals surface area (Å²) in [7, 11) is 2.41. The molecule has 1 aromatic carbocycles. The van der Waals surface area contributed by atoms with Gasteiger partial charge in [0.2, 0.25) is 0 Å². The lowest BCUT2D eigenvalue weighted by molar-refractivity contribution is 0.601. The predicted molar refractivity (Wildman–Crippen MR) is 110 cm³/mol. The Labute approximate surface area is 161 Å². The topological polar surface area (TPSA) is 86.7 Å². The van der Waals surface area contributed by atoms with Gasteiger partial charge in [-0.1, -0.05) is 18.2 Å². The van der Waals surface area contributed by atoms with Crippen LogP contribution in [0.1, 0.15) is 16.8 Å². The van der Waals surface area contributed by atoms with Crippen molar-refractivity contribution in [3.05, 3.63) is 53.2 Å². The van der Waals surface area contributed by atoms with Crippen LogP contribution in [-0.4, -0.2) is 46.8 Å². The Morgan fingerprint density at radius 3 is 2.44 bits per heavy atom. The van der Waals surface area contributed by atoms with Crippen molar-refractivity contribution in [3.63, 3.8) is 0 Å². The normalized spacial score (nSPS) is 12.0. The number of nitrogens with one attached hydrogen (secondary N) is 2. The number of rotatable bonds is 6. The lowest BCUT2D eigenvalue weighted by atomic mass is 10.1. The highest BCUT2D eigenvalue weighted by Gasteiger charge is 2.11. The van der Waals surface area contributed by atoms with Gasteiger partial charge in [-0.2, -0.15) is 0 Å². The Morgan fingerprint density at radius 1 is 1.15 bits per heavy atom. The van der Waals surface area contributed by atoms with Gasteiger partial charge in [0.05, 0.1) is 17.1 Å². The maximum atomic E-state index is 11.7. The van der Waals surface area contributed by atoms with Gasteiger partial charge in [-0.15, -0.1) is 0 Å². The van der Waals surface area contributed by atoms with E-state index in [0.717, 1.165) is 22.6 Å². The van der Waals surface area contributed by atoms with Crippen molar-refractivity contribution < 1.29 is 8.42 Å². The molecule has 0 spiro atoms. The molecule has 0 bridgehead atoms. The Kier molecular flexibility index (Phi) is 6.79. The number of aryl methyl sites for hydroxylation is 1. The van der Waals surface area contributed by atoms with Crippen LogP contribution in [0.2, 0.25) is 0 Å². The molecule has 0 amide bonds. The quantitative estimate of drug-likeness (QED) is 0.578. The Hall–Kier alpha value is -2.61. The number of guanidine groups is 1. The smallest absolute Gasteiger partial charge is 0.191 e. The monoisotopic (exact) mass is 389 g/mol. The van der Waals surface area contributed by atoms with Gasteiger partial charge in [-0.3, -0.25) is 4.99 Å². The first kappa shape index (κ1) is 20.7. The zero-order valence-corrected chi connectivity index (χ0v) is 17.3. The summed E-state index contributed by atoms with van der Waals surface area (Å²) in [6, 6.07) is 11.2. The van der Waals surface area contributed by atoms with Crippen molar-refractivity contribution >= 4 is 21.6 Å². The second-order valence-corrected chi connectivity index (χ2v) is 8.52. The maximum absolute atomic E-state index is 11.7. The molecule has 0 saturated carbocycles. The van der Waals surface area contributed by atoms with Crippen molar-refractivity contribution in [1.82, 2.24) is 15.6 Å². The number of aromatic nitrogens is 1. The Balaban J connectivity index is 1.96. The third-order valence-electron chi connectivity index (χ3n) is 4.01. The predicted octanol–water partition coefficient (Wildman–Crippen LogP) is 1.72. The first-order valence-electron chi connectivity index (χ1n) is 8.58. The molecule has 7 nitrogen and oxygen atoms in total. The summed E-state index contributed by atoms with van der Waals surface area (Å²) in [6.45, 7) is 2.89. The molecule has 0 fully saturated rings. The summed E-state index contributed by atoms with van der Waals surface area (Å²) in [5, 5.41) is 6.46. The number of anilines is 1. The van der Waals surface area contributed by atoms with Gasteiger partial charge in [0.15, 0.2) is 15.8 Å². The van der Waals surface area contributed by atoms with Crippen molar-refractivity contribution in [2.75, 3.05) is 32.3 Å². The van der Waals surface area contributed by atoms with E-state index in [-0.39, 0.29) is 0 Å². The van der Waals surface area contributed by atoms with Crippen LogP contribution < -0.4 is 15.5 Å². The lowest BCUT2D eigenvalue weighted by Gasteiger charge is -2.15. The zero-order chi connectivity index (χ0) is 20.0. The molecule has 0 aliphatic heterocycles. The molecule has 1 aromatic heterocycles. The fourth-order valence-corrected chi connectivity index (χ4v) is 3.59. The van der Waals surface area contributed by atoms with Gasteiger partial charge in [0, 0.05) is 33.9 Å². The molecule has 0 atom stereocenters. The van der Waals surface area contributed by atoms with E-state index in [2.05, 4.69) is 20.6 Å². The molecule has 0 radical (unpaired) electrons. The van der Waals surface area contributed by atoms with Crippen molar-refractivity contribution in [2.45, 2.75) is 24.9 Å². The number of pyridine rings is 1. The number of hydrogen-bond donors (Lipinski definition) is 2. The molecule has 0 unspecified atom stereocenters. The van der Waals surface area contributed by atoms with E-state index in [1.165, 1.54) is 6.26 Å². The minimum atomic E-state index is -3.20. The fourth-order valence-electron chi connectivity index (χ4n) is 2.63. The second kappa shape index (κ2) is 8.85. The third-order valence-corrected chi connectivity index (χ3v) is 5.27. The fraction of sp³-hybridized carbons (Fsp3) is 0.368. The summed E-state index contributed by atoms with van der Waals surface area (Å²) < 4.78 is 23.4. The maximum Gasteiger partial charge on any atom is 0.191 e. The largest absolute Gasteiger partial charge is 0.363 e. The highest BCUT2D eigenvalue weighted by Crippen LogP contribution is 2.16. The van der Waals surface area contributed by atoms with Crippen LogP contribution in [0.4, 0.5) is 5.82 Å². The van der Waals surface area contributed by atoms with E-state index < -0.39 is 9.84 Å². The number of hydrogen-bond acceptors (Lipinski definition) is 5. The molecule has 0 saturated heterocycles. The van der Waals surface area contributed by atoms with E-state index in [1.807, 2.05) is 49.3 Å². The minimum Gasteiger partial charge on any atom is -0.363 e. The molecule has 2 aromatic rings. The van der Waals surface area contributed by atoms with E-state index in [0.29, 0.717) is 23.9 Å². The molecule has 8 heteroatoms. The Bertz CT molecular complexity index is 923. The molecular formula is C19H27N5O2S. The van der Waals surface area contributed by atoms with E-state index in [4.69, 9.17) is 0 Å². The van der Waals surface area contributed by atoms with Crippen LogP contribution in [0.5, 0.6) is 0 Å². The zero-order valence-electron chi connectivity index (χ0n) is 16.4. The first-order chi connectivity index (χ1) is 12.7. The molecule has 146 valence electrons. The number of benzene rings is 1. The minimum absolute atomic E-state index is 0.362. The van der Waals surface area contributed by atoms with Gasteiger partial charge in [-0.05, 0) is 36.2 Å². The van der Waals surface area contributed by atoms with Crippen LogP contribution in [-0.2, 0) is 22.9 Å². The van der Waals surface area contributed by atoms with Crippen LogP contribution in [0.25, 0.3) is 0 Å². The number of aliphatic imine (C=N–C) groups is 1. The van der Waals surface area contributed by atoms with Gasteiger partial charge >= 0.3 is 0 Å². The van der Waals surface area contributed by atoms with E-state index >= 15 is 0 Å². The molecule has 27 heavy (non-hydrogen) atoms. The molecule has 2 N–H and O–H groups in total.